The Bertz CT molecular complexity index is 757. The Morgan fingerprint density at radius 1 is 0.667 bits per heavy atom. The minimum Gasteiger partial charge on any atom is -0.508 e. The first-order valence-electron chi connectivity index (χ1n) is 6.50. The first-order valence-corrected chi connectivity index (χ1v) is 7.98. The molecule has 0 saturated carbocycles. The molecule has 0 aliphatic rings. The average Bonchev–Trinajstić information content (AvgIpc) is 2.37. The van der Waals surface area contributed by atoms with Gasteiger partial charge in [-0.25, -0.2) is 8.42 Å². The van der Waals surface area contributed by atoms with Crippen molar-refractivity contribution in [2.45, 2.75) is 37.5 Å². The van der Waals surface area contributed by atoms with E-state index in [1.54, 1.807) is 33.8 Å². The standard InChI is InChI=1S/C16H18O4S/c1-9-6-14(18)16(7-10(9)2)21(19,20)15-8-13(17)11(3)5-12(15)4/h5-8,17-18H,1-4H3. The van der Waals surface area contributed by atoms with Crippen molar-refractivity contribution in [3.8, 4) is 11.5 Å². The van der Waals surface area contributed by atoms with Crippen LogP contribution in [0.5, 0.6) is 11.5 Å². The molecule has 21 heavy (non-hydrogen) atoms. The molecular weight excluding hydrogens is 288 g/mol. The normalized spacial score (nSPS) is 11.6. The van der Waals surface area contributed by atoms with E-state index in [4.69, 9.17) is 0 Å². The van der Waals surface area contributed by atoms with Crippen LogP contribution in [0.1, 0.15) is 22.3 Å². The summed E-state index contributed by atoms with van der Waals surface area (Å²) in [4.78, 5) is -0.138. The van der Waals surface area contributed by atoms with Crippen LogP contribution in [0, 0.1) is 27.7 Å². The molecule has 0 fully saturated rings. The van der Waals surface area contributed by atoms with Crippen molar-refractivity contribution in [3.63, 3.8) is 0 Å². The van der Waals surface area contributed by atoms with Crippen LogP contribution in [0.15, 0.2) is 34.1 Å². The maximum absolute atomic E-state index is 12.7. The Kier molecular flexibility index (Phi) is 3.72. The van der Waals surface area contributed by atoms with Gasteiger partial charge in [0, 0.05) is 0 Å². The number of phenols is 2. The van der Waals surface area contributed by atoms with Crippen molar-refractivity contribution in [3.05, 3.63) is 46.5 Å². The molecule has 2 aromatic rings. The monoisotopic (exact) mass is 306 g/mol. The van der Waals surface area contributed by atoms with Crippen molar-refractivity contribution in [2.24, 2.45) is 0 Å². The molecule has 0 atom stereocenters. The highest BCUT2D eigenvalue weighted by Crippen LogP contribution is 2.34. The third-order valence-electron chi connectivity index (χ3n) is 3.65. The van der Waals surface area contributed by atoms with Crippen LogP contribution in [-0.4, -0.2) is 18.6 Å². The third kappa shape index (κ3) is 2.61. The van der Waals surface area contributed by atoms with E-state index < -0.39 is 9.84 Å². The van der Waals surface area contributed by atoms with E-state index in [0.29, 0.717) is 11.1 Å². The van der Waals surface area contributed by atoms with Crippen LogP contribution in [0.4, 0.5) is 0 Å². The van der Waals surface area contributed by atoms with Crippen molar-refractivity contribution in [1.29, 1.82) is 0 Å². The molecule has 2 aromatic carbocycles. The number of aromatic hydroxyl groups is 2. The molecule has 0 amide bonds. The number of hydrogen-bond donors (Lipinski definition) is 2. The van der Waals surface area contributed by atoms with E-state index in [2.05, 4.69) is 0 Å². The summed E-state index contributed by atoms with van der Waals surface area (Å²) in [6, 6.07) is 5.73. The second kappa shape index (κ2) is 5.07. The lowest BCUT2D eigenvalue weighted by Gasteiger charge is -2.13. The molecule has 0 aliphatic heterocycles. The number of aryl methyl sites for hydroxylation is 4. The van der Waals surface area contributed by atoms with E-state index in [9.17, 15) is 18.6 Å². The summed E-state index contributed by atoms with van der Waals surface area (Å²) in [7, 11) is -3.89. The van der Waals surface area contributed by atoms with Gasteiger partial charge in [0.15, 0.2) is 0 Å². The van der Waals surface area contributed by atoms with Crippen molar-refractivity contribution < 1.29 is 18.6 Å². The van der Waals surface area contributed by atoms with Crippen LogP contribution < -0.4 is 0 Å². The molecule has 4 nitrogen and oxygen atoms in total. The highest BCUT2D eigenvalue weighted by Gasteiger charge is 2.25. The fourth-order valence-electron chi connectivity index (χ4n) is 2.22. The molecule has 0 bridgehead atoms. The quantitative estimate of drug-likeness (QED) is 0.893. The molecule has 112 valence electrons. The van der Waals surface area contributed by atoms with Gasteiger partial charge >= 0.3 is 0 Å². The second-order valence-electron chi connectivity index (χ2n) is 5.31. The SMILES string of the molecule is Cc1cc(O)c(S(=O)(=O)c2cc(O)c(C)cc2C)cc1C. The van der Waals surface area contributed by atoms with Gasteiger partial charge in [0.1, 0.15) is 16.4 Å². The van der Waals surface area contributed by atoms with Crippen LogP contribution in [-0.2, 0) is 9.84 Å². The molecule has 0 radical (unpaired) electrons. The molecule has 0 aliphatic carbocycles. The molecule has 2 rings (SSSR count). The Labute approximate surface area is 124 Å². The number of sulfone groups is 1. The zero-order valence-corrected chi connectivity index (χ0v) is 13.2. The number of rotatable bonds is 2. The van der Waals surface area contributed by atoms with Crippen molar-refractivity contribution in [2.75, 3.05) is 0 Å². The van der Waals surface area contributed by atoms with Gasteiger partial charge in [0.25, 0.3) is 0 Å². The first-order chi connectivity index (χ1) is 9.64. The zero-order chi connectivity index (χ0) is 15.9. The largest absolute Gasteiger partial charge is 0.508 e. The van der Waals surface area contributed by atoms with E-state index in [1.807, 2.05) is 0 Å². The van der Waals surface area contributed by atoms with Crippen molar-refractivity contribution >= 4 is 9.84 Å². The predicted octanol–water partition coefficient (Wildman–Crippen LogP) is 3.16. The fraction of sp³-hybridized carbons (Fsp3) is 0.250. The Hall–Kier alpha value is -2.01. The lowest BCUT2D eigenvalue weighted by molar-refractivity contribution is 0.457. The summed E-state index contributed by atoms with van der Waals surface area (Å²) >= 11 is 0. The van der Waals surface area contributed by atoms with E-state index >= 15 is 0 Å². The minimum atomic E-state index is -3.89. The van der Waals surface area contributed by atoms with Gasteiger partial charge in [-0.1, -0.05) is 6.07 Å². The molecular formula is C16H18O4S. The lowest BCUT2D eigenvalue weighted by atomic mass is 10.1. The summed E-state index contributed by atoms with van der Waals surface area (Å²) in [6.45, 7) is 6.95. The van der Waals surface area contributed by atoms with Gasteiger partial charge in [0.2, 0.25) is 9.84 Å². The van der Waals surface area contributed by atoms with Gasteiger partial charge in [0.05, 0.1) is 4.90 Å². The van der Waals surface area contributed by atoms with E-state index in [0.717, 1.165) is 11.1 Å². The molecule has 5 heteroatoms. The topological polar surface area (TPSA) is 74.6 Å². The molecule has 0 spiro atoms. The van der Waals surface area contributed by atoms with Crippen LogP contribution >= 0.6 is 0 Å². The summed E-state index contributed by atoms with van der Waals surface area (Å²) in [5.74, 6) is -0.361. The van der Waals surface area contributed by atoms with Crippen LogP contribution in [0.3, 0.4) is 0 Å². The van der Waals surface area contributed by atoms with Gasteiger partial charge in [-0.05, 0) is 68.1 Å². The smallest absolute Gasteiger partial charge is 0.210 e. The van der Waals surface area contributed by atoms with Gasteiger partial charge in [-0.15, -0.1) is 0 Å². The summed E-state index contributed by atoms with van der Waals surface area (Å²) in [5, 5.41) is 19.8. The maximum atomic E-state index is 12.7. The van der Waals surface area contributed by atoms with E-state index in [1.165, 1.54) is 18.2 Å². The lowest BCUT2D eigenvalue weighted by Crippen LogP contribution is -2.06. The highest BCUT2D eigenvalue weighted by atomic mass is 32.2. The summed E-state index contributed by atoms with van der Waals surface area (Å²) in [6.07, 6.45) is 0. The highest BCUT2D eigenvalue weighted by molar-refractivity contribution is 7.91. The van der Waals surface area contributed by atoms with Gasteiger partial charge in [-0.2, -0.15) is 0 Å². The van der Waals surface area contributed by atoms with Crippen LogP contribution in [0.2, 0.25) is 0 Å². The van der Waals surface area contributed by atoms with Gasteiger partial charge in [-0.3, -0.25) is 0 Å². The molecule has 0 saturated heterocycles. The van der Waals surface area contributed by atoms with E-state index in [-0.39, 0.29) is 21.3 Å². The fourth-order valence-corrected chi connectivity index (χ4v) is 3.87. The molecule has 0 aromatic heterocycles. The Morgan fingerprint density at radius 3 is 1.86 bits per heavy atom. The average molecular weight is 306 g/mol. The number of phenolic OH excluding ortho intramolecular Hbond substituents is 2. The summed E-state index contributed by atoms with van der Waals surface area (Å²) in [5.41, 5.74) is 2.73. The third-order valence-corrected chi connectivity index (χ3v) is 5.57. The zero-order valence-electron chi connectivity index (χ0n) is 12.4. The molecule has 0 unspecified atom stereocenters. The Balaban J connectivity index is 2.74. The maximum Gasteiger partial charge on any atom is 0.210 e. The molecule has 0 heterocycles. The van der Waals surface area contributed by atoms with Gasteiger partial charge < -0.3 is 10.2 Å². The Morgan fingerprint density at radius 2 is 1.24 bits per heavy atom. The predicted molar refractivity (Wildman–Crippen MR) is 80.6 cm³/mol. The second-order valence-corrected chi connectivity index (χ2v) is 7.20. The number of benzene rings is 2. The van der Waals surface area contributed by atoms with Crippen LogP contribution in [0.25, 0.3) is 0 Å². The molecule has 2 N–H and O–H groups in total. The minimum absolute atomic E-state index is 0.00385. The number of hydrogen-bond acceptors (Lipinski definition) is 4. The summed E-state index contributed by atoms with van der Waals surface area (Å²) < 4.78 is 25.5. The first kappa shape index (κ1) is 15.4. The van der Waals surface area contributed by atoms with Crippen molar-refractivity contribution in [1.82, 2.24) is 0 Å².